The topological polar surface area (TPSA) is 63.1 Å². The summed E-state index contributed by atoms with van der Waals surface area (Å²) in [7, 11) is 0. The molecule has 0 radical (unpaired) electrons. The maximum Gasteiger partial charge on any atom is 0.227 e. The third-order valence-electron chi connectivity index (χ3n) is 6.24. The van der Waals surface area contributed by atoms with Gasteiger partial charge in [-0.1, -0.05) is 35.9 Å². The van der Waals surface area contributed by atoms with Crippen LogP contribution in [0.5, 0.6) is 0 Å². The van der Waals surface area contributed by atoms with Crippen LogP contribution in [0.4, 0.5) is 5.69 Å². The van der Waals surface area contributed by atoms with Gasteiger partial charge in [-0.25, -0.2) is 4.98 Å². The molecule has 33 heavy (non-hydrogen) atoms. The van der Waals surface area contributed by atoms with Gasteiger partial charge in [-0.3, -0.25) is 14.7 Å². The summed E-state index contributed by atoms with van der Waals surface area (Å²) >= 11 is 6.07. The summed E-state index contributed by atoms with van der Waals surface area (Å²) < 4.78 is 2.29. The van der Waals surface area contributed by atoms with Gasteiger partial charge in [0.1, 0.15) is 5.82 Å². The number of nitrogens with one attached hydrogen (secondary N) is 1. The molecule has 0 saturated carbocycles. The number of carbonyl (C=O) groups excluding carboxylic acids is 1. The van der Waals surface area contributed by atoms with Crippen molar-refractivity contribution in [2.24, 2.45) is 5.92 Å². The first kappa shape index (κ1) is 21.6. The van der Waals surface area contributed by atoms with Crippen LogP contribution in [0, 0.1) is 5.92 Å². The van der Waals surface area contributed by atoms with Crippen LogP contribution in [0.3, 0.4) is 0 Å². The van der Waals surface area contributed by atoms with E-state index in [2.05, 4.69) is 50.1 Å². The van der Waals surface area contributed by atoms with Crippen LogP contribution < -0.4 is 5.32 Å². The highest BCUT2D eigenvalue weighted by atomic mass is 35.5. The number of carbonyl (C=O) groups is 1. The molecule has 0 spiro atoms. The van der Waals surface area contributed by atoms with E-state index in [1.807, 2.05) is 30.3 Å². The van der Waals surface area contributed by atoms with Crippen molar-refractivity contribution in [2.45, 2.75) is 25.9 Å². The van der Waals surface area contributed by atoms with Crippen molar-refractivity contribution in [1.29, 1.82) is 0 Å². The van der Waals surface area contributed by atoms with Crippen LogP contribution in [0.1, 0.15) is 24.2 Å². The molecule has 0 unspecified atom stereocenters. The lowest BCUT2D eigenvalue weighted by Crippen LogP contribution is -2.38. The van der Waals surface area contributed by atoms with E-state index in [1.54, 1.807) is 12.4 Å². The average Bonchev–Trinajstić information content (AvgIpc) is 3.18. The molecule has 2 aromatic heterocycles. The summed E-state index contributed by atoms with van der Waals surface area (Å²) in [5.74, 6) is 1.15. The first-order valence-corrected chi connectivity index (χ1v) is 11.7. The van der Waals surface area contributed by atoms with Gasteiger partial charge in [0.05, 0.1) is 29.5 Å². The summed E-state index contributed by atoms with van der Waals surface area (Å²) in [4.78, 5) is 24.0. The Hall–Kier alpha value is -3.22. The molecule has 0 bridgehead atoms. The van der Waals surface area contributed by atoms with Crippen LogP contribution >= 0.6 is 11.6 Å². The van der Waals surface area contributed by atoms with E-state index in [9.17, 15) is 4.79 Å². The second-order valence-electron chi connectivity index (χ2n) is 8.51. The smallest absolute Gasteiger partial charge is 0.227 e. The molecule has 0 atom stereocenters. The summed E-state index contributed by atoms with van der Waals surface area (Å²) in [5.41, 5.74) is 4.08. The zero-order valence-corrected chi connectivity index (χ0v) is 19.1. The Morgan fingerprint density at radius 2 is 1.79 bits per heavy atom. The first-order chi connectivity index (χ1) is 16.2. The number of fused-ring (bicyclic) bond motifs is 1. The number of amides is 1. The van der Waals surface area contributed by atoms with Gasteiger partial charge in [-0.15, -0.1) is 0 Å². The number of benzene rings is 2. The number of hydrogen-bond acceptors (Lipinski definition) is 4. The fourth-order valence-electron chi connectivity index (χ4n) is 4.43. The van der Waals surface area contributed by atoms with Crippen molar-refractivity contribution in [1.82, 2.24) is 19.4 Å². The number of nitrogens with zero attached hydrogens (tertiary/aromatic N) is 4. The lowest BCUT2D eigenvalue weighted by atomic mass is 9.96. The number of imidazole rings is 1. The monoisotopic (exact) mass is 459 g/mol. The minimum atomic E-state index is 0.0225. The third-order valence-corrected chi connectivity index (χ3v) is 6.49. The molecule has 1 aliphatic rings. The fraction of sp³-hybridized carbons (Fsp3) is 0.269. The molecule has 4 aromatic rings. The van der Waals surface area contributed by atoms with Crippen LogP contribution in [0.25, 0.3) is 11.0 Å². The van der Waals surface area contributed by atoms with Crippen molar-refractivity contribution >= 4 is 34.2 Å². The molecular weight excluding hydrogens is 434 g/mol. The minimum Gasteiger partial charge on any atom is -0.324 e. The van der Waals surface area contributed by atoms with Gasteiger partial charge in [0.2, 0.25) is 5.91 Å². The number of anilines is 1. The number of rotatable bonds is 6. The lowest BCUT2D eigenvalue weighted by Gasteiger charge is -2.31. The molecule has 5 rings (SSSR count). The van der Waals surface area contributed by atoms with Crippen molar-refractivity contribution in [3.63, 3.8) is 0 Å². The highest BCUT2D eigenvalue weighted by molar-refractivity contribution is 6.30. The number of aromatic nitrogens is 3. The van der Waals surface area contributed by atoms with Crippen molar-refractivity contribution in [3.8, 4) is 0 Å². The molecule has 6 nitrogen and oxygen atoms in total. The predicted octanol–water partition coefficient (Wildman–Crippen LogP) is 4.98. The van der Waals surface area contributed by atoms with E-state index in [4.69, 9.17) is 16.6 Å². The van der Waals surface area contributed by atoms with Crippen LogP contribution in [-0.4, -0.2) is 38.4 Å². The molecule has 168 valence electrons. The molecule has 1 fully saturated rings. The summed E-state index contributed by atoms with van der Waals surface area (Å²) in [6.45, 7) is 3.25. The Labute approximate surface area is 198 Å². The highest BCUT2D eigenvalue weighted by Crippen LogP contribution is 2.24. The summed E-state index contributed by atoms with van der Waals surface area (Å²) in [5, 5.41) is 3.73. The average molecular weight is 460 g/mol. The largest absolute Gasteiger partial charge is 0.324 e. The maximum absolute atomic E-state index is 12.6. The van der Waals surface area contributed by atoms with E-state index >= 15 is 0 Å². The number of pyridine rings is 1. The van der Waals surface area contributed by atoms with Gasteiger partial charge in [0, 0.05) is 23.7 Å². The SMILES string of the molecule is O=C(Nc1cccnc1)C1CCN(Cc2nc3ccccc3n2Cc2ccc(Cl)cc2)CC1. The van der Waals surface area contributed by atoms with E-state index < -0.39 is 0 Å². The Kier molecular flexibility index (Phi) is 6.37. The minimum absolute atomic E-state index is 0.0225. The van der Waals surface area contributed by atoms with Gasteiger partial charge >= 0.3 is 0 Å². The molecule has 1 saturated heterocycles. The molecule has 1 amide bonds. The fourth-order valence-corrected chi connectivity index (χ4v) is 4.56. The van der Waals surface area contributed by atoms with E-state index in [1.165, 1.54) is 5.56 Å². The van der Waals surface area contributed by atoms with Gasteiger partial charge < -0.3 is 9.88 Å². The second-order valence-corrected chi connectivity index (χ2v) is 8.95. The molecule has 0 aliphatic carbocycles. The molecule has 1 aliphatic heterocycles. The molecule has 1 N–H and O–H groups in total. The predicted molar refractivity (Wildman–Crippen MR) is 131 cm³/mol. The standard InChI is InChI=1S/C26H26ClN5O/c27-21-9-7-19(8-10-21)17-32-24-6-2-1-5-23(24)30-25(32)18-31-14-11-20(12-15-31)26(33)29-22-4-3-13-28-16-22/h1-10,13,16,20H,11-12,14-15,17-18H2,(H,29,33). The molecule has 3 heterocycles. The van der Waals surface area contributed by atoms with Crippen molar-refractivity contribution < 1.29 is 4.79 Å². The van der Waals surface area contributed by atoms with Gasteiger partial charge in [-0.05, 0) is 67.9 Å². The normalized spacial score (nSPS) is 15.1. The maximum atomic E-state index is 12.6. The number of para-hydroxylation sites is 2. The van der Waals surface area contributed by atoms with E-state index in [0.717, 1.165) is 66.6 Å². The van der Waals surface area contributed by atoms with Crippen LogP contribution in [0.15, 0.2) is 73.1 Å². The lowest BCUT2D eigenvalue weighted by molar-refractivity contribution is -0.121. The van der Waals surface area contributed by atoms with Gasteiger partial charge in [-0.2, -0.15) is 0 Å². The van der Waals surface area contributed by atoms with E-state index in [0.29, 0.717) is 0 Å². The van der Waals surface area contributed by atoms with Crippen LogP contribution in [-0.2, 0) is 17.9 Å². The number of likely N-dealkylation sites (tertiary alicyclic amines) is 1. The van der Waals surface area contributed by atoms with Gasteiger partial charge in [0.25, 0.3) is 0 Å². The highest BCUT2D eigenvalue weighted by Gasteiger charge is 2.26. The third kappa shape index (κ3) is 5.07. The number of hydrogen-bond donors (Lipinski definition) is 1. The zero-order valence-electron chi connectivity index (χ0n) is 18.3. The molecular formula is C26H26ClN5O. The summed E-state index contributed by atoms with van der Waals surface area (Å²) in [6, 6.07) is 19.9. The van der Waals surface area contributed by atoms with Crippen molar-refractivity contribution in [3.05, 3.63) is 89.5 Å². The quantitative estimate of drug-likeness (QED) is 0.441. The Bertz CT molecular complexity index is 1230. The van der Waals surface area contributed by atoms with Gasteiger partial charge in [0.15, 0.2) is 0 Å². The number of halogens is 1. The first-order valence-electron chi connectivity index (χ1n) is 11.3. The zero-order chi connectivity index (χ0) is 22.6. The Morgan fingerprint density at radius 1 is 1.00 bits per heavy atom. The van der Waals surface area contributed by atoms with Crippen LogP contribution in [0.2, 0.25) is 5.02 Å². The molecule has 7 heteroatoms. The van der Waals surface area contributed by atoms with Crippen molar-refractivity contribution in [2.75, 3.05) is 18.4 Å². The summed E-state index contributed by atoms with van der Waals surface area (Å²) in [6.07, 6.45) is 5.06. The number of piperidine rings is 1. The Morgan fingerprint density at radius 3 is 2.55 bits per heavy atom. The van der Waals surface area contributed by atoms with E-state index in [-0.39, 0.29) is 11.8 Å². The Balaban J connectivity index is 1.27. The molecule has 2 aromatic carbocycles. The second kappa shape index (κ2) is 9.73.